The van der Waals surface area contributed by atoms with E-state index in [-0.39, 0.29) is 6.42 Å². The van der Waals surface area contributed by atoms with Crippen molar-refractivity contribution in [1.29, 1.82) is 0 Å². The van der Waals surface area contributed by atoms with E-state index in [0.29, 0.717) is 10.8 Å². The van der Waals surface area contributed by atoms with Gasteiger partial charge in [0.15, 0.2) is 6.10 Å². The van der Waals surface area contributed by atoms with Crippen molar-refractivity contribution in [3.05, 3.63) is 63.2 Å². The molecule has 0 aliphatic rings. The summed E-state index contributed by atoms with van der Waals surface area (Å²) in [5, 5.41) is 10.1. The molecule has 0 bridgehead atoms. The minimum Gasteiger partial charge on any atom is -0.478 e. The van der Waals surface area contributed by atoms with Gasteiger partial charge in [0, 0.05) is 11.4 Å². The van der Waals surface area contributed by atoms with Crippen LogP contribution < -0.4 is 4.74 Å². The Morgan fingerprint density at radius 1 is 1.13 bits per heavy atom. The van der Waals surface area contributed by atoms with Crippen LogP contribution in [0, 0.1) is 27.7 Å². The smallest absolute Gasteiger partial charge is 0.345 e. The Labute approximate surface area is 141 Å². The number of hydrogen-bond acceptors (Lipinski definition) is 2. The van der Waals surface area contributed by atoms with Crippen LogP contribution in [0.5, 0.6) is 5.75 Å². The molecule has 2 rings (SSSR count). The molecule has 2 aromatic carbocycles. The van der Waals surface area contributed by atoms with Gasteiger partial charge in [-0.3, -0.25) is 0 Å². The summed E-state index contributed by atoms with van der Waals surface area (Å²) in [4.78, 5) is 11.6. The second-order valence-corrected chi connectivity index (χ2v) is 6.36. The van der Waals surface area contributed by atoms with E-state index in [4.69, 9.17) is 16.3 Å². The molecular weight excluding hydrogens is 312 g/mol. The maximum absolute atomic E-state index is 11.6. The van der Waals surface area contributed by atoms with E-state index in [2.05, 4.69) is 6.07 Å². The second kappa shape index (κ2) is 7.05. The summed E-state index contributed by atoms with van der Waals surface area (Å²) >= 11 is 6.02. The van der Waals surface area contributed by atoms with Crippen LogP contribution in [0.1, 0.15) is 27.8 Å². The van der Waals surface area contributed by atoms with Crippen LogP contribution in [0.2, 0.25) is 5.02 Å². The number of hydrogen-bond donors (Lipinski definition) is 1. The van der Waals surface area contributed by atoms with Gasteiger partial charge in [-0.15, -0.1) is 0 Å². The molecule has 0 heterocycles. The number of aliphatic carboxylic acids is 1. The van der Waals surface area contributed by atoms with Crippen molar-refractivity contribution in [2.75, 3.05) is 0 Å². The van der Waals surface area contributed by atoms with E-state index in [1.807, 2.05) is 39.8 Å². The Bertz CT molecular complexity index is 738. The maximum atomic E-state index is 11.6. The van der Waals surface area contributed by atoms with Gasteiger partial charge >= 0.3 is 5.97 Å². The molecule has 0 fully saturated rings. The van der Waals surface area contributed by atoms with Crippen LogP contribution in [0.15, 0.2) is 30.3 Å². The first-order chi connectivity index (χ1) is 10.8. The van der Waals surface area contributed by atoms with Crippen LogP contribution in [0.4, 0.5) is 0 Å². The molecule has 122 valence electrons. The Morgan fingerprint density at radius 2 is 1.83 bits per heavy atom. The molecule has 0 aliphatic heterocycles. The Hall–Kier alpha value is -2.00. The average molecular weight is 333 g/mol. The van der Waals surface area contributed by atoms with E-state index in [9.17, 15) is 9.90 Å². The molecule has 4 heteroatoms. The standard InChI is InChI=1S/C19H21ClO3/c1-11-7-13(3)14(4)17(8-11)23-18(19(21)22)10-15-9-16(20)6-5-12(15)2/h5-9,18H,10H2,1-4H3,(H,21,22). The number of aryl methyl sites for hydroxylation is 3. The molecule has 0 amide bonds. The van der Waals surface area contributed by atoms with E-state index in [1.54, 1.807) is 12.1 Å². The first kappa shape index (κ1) is 17.4. The van der Waals surface area contributed by atoms with Gasteiger partial charge in [-0.1, -0.05) is 23.7 Å². The summed E-state index contributed by atoms with van der Waals surface area (Å²) in [5.41, 5.74) is 4.98. The lowest BCUT2D eigenvalue weighted by atomic mass is 10.0. The molecular formula is C19H21ClO3. The van der Waals surface area contributed by atoms with Gasteiger partial charge in [0.2, 0.25) is 0 Å². The minimum absolute atomic E-state index is 0.272. The number of benzene rings is 2. The largest absolute Gasteiger partial charge is 0.478 e. The molecule has 0 aromatic heterocycles. The van der Waals surface area contributed by atoms with Gasteiger partial charge in [0.25, 0.3) is 0 Å². The van der Waals surface area contributed by atoms with Crippen LogP contribution in [0.25, 0.3) is 0 Å². The molecule has 0 aliphatic carbocycles. The third-order valence-electron chi connectivity index (χ3n) is 4.03. The van der Waals surface area contributed by atoms with Gasteiger partial charge in [-0.2, -0.15) is 0 Å². The molecule has 23 heavy (non-hydrogen) atoms. The molecule has 0 saturated carbocycles. The van der Waals surface area contributed by atoms with Crippen molar-refractivity contribution >= 4 is 17.6 Å². The first-order valence-corrected chi connectivity index (χ1v) is 7.88. The maximum Gasteiger partial charge on any atom is 0.345 e. The highest BCUT2D eigenvalue weighted by atomic mass is 35.5. The predicted molar refractivity (Wildman–Crippen MR) is 92.6 cm³/mol. The molecule has 3 nitrogen and oxygen atoms in total. The van der Waals surface area contributed by atoms with E-state index in [0.717, 1.165) is 27.8 Å². The second-order valence-electron chi connectivity index (χ2n) is 5.92. The van der Waals surface area contributed by atoms with Crippen molar-refractivity contribution in [1.82, 2.24) is 0 Å². The van der Waals surface area contributed by atoms with Gasteiger partial charge in [-0.05, 0) is 73.7 Å². The quantitative estimate of drug-likeness (QED) is 0.867. The van der Waals surface area contributed by atoms with Crippen molar-refractivity contribution in [2.45, 2.75) is 40.2 Å². The molecule has 1 unspecified atom stereocenters. The monoisotopic (exact) mass is 332 g/mol. The number of halogens is 1. The fourth-order valence-corrected chi connectivity index (χ4v) is 2.71. The Morgan fingerprint density at radius 3 is 2.48 bits per heavy atom. The van der Waals surface area contributed by atoms with Crippen molar-refractivity contribution in [3.8, 4) is 5.75 Å². The van der Waals surface area contributed by atoms with Crippen molar-refractivity contribution in [2.24, 2.45) is 0 Å². The van der Waals surface area contributed by atoms with Crippen LogP contribution in [0.3, 0.4) is 0 Å². The van der Waals surface area contributed by atoms with Crippen LogP contribution in [-0.2, 0) is 11.2 Å². The summed E-state index contributed by atoms with van der Waals surface area (Å²) in [6, 6.07) is 9.41. The highest BCUT2D eigenvalue weighted by Gasteiger charge is 2.22. The zero-order valence-electron chi connectivity index (χ0n) is 13.8. The normalized spacial score (nSPS) is 12.0. The highest BCUT2D eigenvalue weighted by Crippen LogP contribution is 2.26. The summed E-state index contributed by atoms with van der Waals surface area (Å²) in [6.45, 7) is 7.84. The number of rotatable bonds is 5. The lowest BCUT2D eigenvalue weighted by Gasteiger charge is -2.19. The summed E-state index contributed by atoms with van der Waals surface area (Å²) in [6.07, 6.45) is -0.680. The summed E-state index contributed by atoms with van der Waals surface area (Å²) in [5.74, 6) is -0.363. The molecule has 0 saturated heterocycles. The average Bonchev–Trinajstić information content (AvgIpc) is 2.46. The van der Waals surface area contributed by atoms with Crippen molar-refractivity contribution in [3.63, 3.8) is 0 Å². The number of carboxylic acids is 1. The fraction of sp³-hybridized carbons (Fsp3) is 0.316. The zero-order chi connectivity index (χ0) is 17.1. The Balaban J connectivity index is 2.30. The van der Waals surface area contributed by atoms with Crippen molar-refractivity contribution < 1.29 is 14.6 Å². The molecule has 0 radical (unpaired) electrons. The molecule has 0 spiro atoms. The minimum atomic E-state index is -0.983. The third-order valence-corrected chi connectivity index (χ3v) is 4.26. The Kier molecular flexibility index (Phi) is 5.32. The van der Waals surface area contributed by atoms with Gasteiger partial charge in [0.05, 0.1) is 0 Å². The van der Waals surface area contributed by atoms with E-state index >= 15 is 0 Å². The van der Waals surface area contributed by atoms with E-state index in [1.165, 1.54) is 0 Å². The summed E-state index contributed by atoms with van der Waals surface area (Å²) in [7, 11) is 0. The topological polar surface area (TPSA) is 46.5 Å². The lowest BCUT2D eigenvalue weighted by Crippen LogP contribution is -2.30. The fourth-order valence-electron chi connectivity index (χ4n) is 2.52. The number of carbonyl (C=O) groups is 1. The molecule has 1 atom stereocenters. The van der Waals surface area contributed by atoms with Gasteiger partial charge in [0.1, 0.15) is 5.75 Å². The zero-order valence-corrected chi connectivity index (χ0v) is 14.6. The lowest BCUT2D eigenvalue weighted by molar-refractivity contribution is -0.145. The van der Waals surface area contributed by atoms with Gasteiger partial charge < -0.3 is 9.84 Å². The number of carboxylic acid groups (broad SMARTS) is 1. The first-order valence-electron chi connectivity index (χ1n) is 7.50. The van der Waals surface area contributed by atoms with Crippen LogP contribution in [-0.4, -0.2) is 17.2 Å². The van der Waals surface area contributed by atoms with E-state index < -0.39 is 12.1 Å². The molecule has 1 N–H and O–H groups in total. The molecule has 2 aromatic rings. The predicted octanol–water partition coefficient (Wildman–Crippen LogP) is 4.65. The third kappa shape index (κ3) is 4.26. The van der Waals surface area contributed by atoms with Gasteiger partial charge in [-0.25, -0.2) is 4.79 Å². The highest BCUT2D eigenvalue weighted by molar-refractivity contribution is 6.30. The summed E-state index contributed by atoms with van der Waals surface area (Å²) < 4.78 is 5.82. The van der Waals surface area contributed by atoms with Crippen LogP contribution >= 0.6 is 11.6 Å². The number of ether oxygens (including phenoxy) is 1. The SMILES string of the molecule is Cc1cc(C)c(C)c(OC(Cc2cc(Cl)ccc2C)C(=O)O)c1.